The van der Waals surface area contributed by atoms with Crippen molar-refractivity contribution in [2.75, 3.05) is 5.32 Å². The highest BCUT2D eigenvalue weighted by Gasteiger charge is 2.16. The Morgan fingerprint density at radius 2 is 2.00 bits per heavy atom. The summed E-state index contributed by atoms with van der Waals surface area (Å²) in [5.41, 5.74) is 2.17. The van der Waals surface area contributed by atoms with Gasteiger partial charge >= 0.3 is 0 Å². The molecule has 4 aromatic rings. The van der Waals surface area contributed by atoms with Crippen LogP contribution in [0.2, 0.25) is 5.02 Å². The van der Waals surface area contributed by atoms with Crippen molar-refractivity contribution in [2.45, 2.75) is 0 Å². The minimum atomic E-state index is -0.369. The number of amides is 1. The van der Waals surface area contributed by atoms with Crippen LogP contribution in [0, 0.1) is 0 Å². The number of anilines is 1. The summed E-state index contributed by atoms with van der Waals surface area (Å²) in [6.45, 7) is 0. The second kappa shape index (κ2) is 6.19. The highest BCUT2D eigenvalue weighted by Crippen LogP contribution is 2.25. The molecule has 130 valence electrons. The number of nitrogens with one attached hydrogen (secondary N) is 1. The van der Waals surface area contributed by atoms with Gasteiger partial charge in [0.25, 0.3) is 5.91 Å². The van der Waals surface area contributed by atoms with Crippen LogP contribution in [0.5, 0.6) is 0 Å². The van der Waals surface area contributed by atoms with Crippen molar-refractivity contribution >= 4 is 34.6 Å². The molecule has 26 heavy (non-hydrogen) atoms. The van der Waals surface area contributed by atoms with Gasteiger partial charge in [0.15, 0.2) is 11.5 Å². The van der Waals surface area contributed by atoms with Crippen LogP contribution < -0.4 is 5.32 Å². The van der Waals surface area contributed by atoms with Gasteiger partial charge in [0, 0.05) is 25.9 Å². The average molecular weight is 369 g/mol. The lowest BCUT2D eigenvalue weighted by atomic mass is 10.2. The number of halogens is 1. The molecule has 0 aliphatic carbocycles. The van der Waals surface area contributed by atoms with Gasteiger partial charge in [-0.1, -0.05) is 28.9 Å². The molecule has 1 amide bonds. The van der Waals surface area contributed by atoms with Crippen LogP contribution >= 0.6 is 11.6 Å². The van der Waals surface area contributed by atoms with Gasteiger partial charge in [0.05, 0.1) is 10.6 Å². The summed E-state index contributed by atoms with van der Waals surface area (Å²) in [5.74, 6) is 0.353. The van der Waals surface area contributed by atoms with E-state index < -0.39 is 0 Å². The van der Waals surface area contributed by atoms with Gasteiger partial charge in [-0.25, -0.2) is 14.3 Å². The van der Waals surface area contributed by atoms with Crippen LogP contribution in [0.15, 0.2) is 36.5 Å². The van der Waals surface area contributed by atoms with E-state index in [4.69, 9.17) is 11.6 Å². The van der Waals surface area contributed by atoms with Crippen molar-refractivity contribution in [1.29, 1.82) is 0 Å². The van der Waals surface area contributed by atoms with Crippen molar-refractivity contribution in [2.24, 2.45) is 14.1 Å². The molecule has 10 heteroatoms. The number of carbonyl (C=O) groups is 1. The zero-order valence-electron chi connectivity index (χ0n) is 13.9. The van der Waals surface area contributed by atoms with Gasteiger partial charge in [-0.15, -0.1) is 10.2 Å². The molecule has 4 rings (SSSR count). The molecule has 0 bridgehead atoms. The smallest absolute Gasteiger partial charge is 0.259 e. The maximum Gasteiger partial charge on any atom is 0.259 e. The molecular formula is C16H13ClN8O. The third-order valence-corrected chi connectivity index (χ3v) is 4.14. The summed E-state index contributed by atoms with van der Waals surface area (Å²) >= 11 is 6.18. The molecule has 0 aliphatic heterocycles. The molecule has 3 aromatic heterocycles. The maximum absolute atomic E-state index is 12.5. The number of carbonyl (C=O) groups excluding carboxylic acids is 1. The number of benzene rings is 1. The van der Waals surface area contributed by atoms with Gasteiger partial charge in [-0.3, -0.25) is 10.1 Å². The number of hydrogen-bond donors (Lipinski definition) is 1. The largest absolute Gasteiger partial charge is 0.291 e. The van der Waals surface area contributed by atoms with Crippen LogP contribution in [-0.2, 0) is 14.1 Å². The van der Waals surface area contributed by atoms with Gasteiger partial charge in [-0.2, -0.15) is 4.98 Å². The molecule has 3 heterocycles. The lowest BCUT2D eigenvalue weighted by Crippen LogP contribution is -2.15. The van der Waals surface area contributed by atoms with Crippen molar-refractivity contribution in [3.63, 3.8) is 0 Å². The second-order valence-corrected chi connectivity index (χ2v) is 6.00. The van der Waals surface area contributed by atoms with E-state index in [9.17, 15) is 4.79 Å². The molecule has 1 aromatic carbocycles. The molecule has 1 N–H and O–H groups in total. The number of aromatic nitrogens is 7. The lowest BCUT2D eigenvalue weighted by molar-refractivity contribution is 0.102. The first-order valence-electron chi connectivity index (χ1n) is 7.65. The number of aryl methyl sites for hydroxylation is 2. The van der Waals surface area contributed by atoms with Crippen LogP contribution in [-0.4, -0.2) is 40.6 Å². The molecule has 0 atom stereocenters. The normalized spacial score (nSPS) is 11.0. The Labute approximate surface area is 152 Å². The van der Waals surface area contributed by atoms with E-state index in [0.29, 0.717) is 39.1 Å². The predicted octanol–water partition coefficient (Wildman–Crippen LogP) is 2.06. The predicted molar refractivity (Wildman–Crippen MR) is 95.7 cm³/mol. The number of hydrogen-bond acceptors (Lipinski definition) is 6. The van der Waals surface area contributed by atoms with Crippen LogP contribution in [0.3, 0.4) is 0 Å². The maximum atomic E-state index is 12.5. The van der Waals surface area contributed by atoms with Crippen LogP contribution in [0.4, 0.5) is 5.95 Å². The first-order chi connectivity index (χ1) is 12.5. The van der Waals surface area contributed by atoms with Gasteiger partial charge in [-0.05, 0) is 18.2 Å². The molecule has 0 unspecified atom stereocenters. The summed E-state index contributed by atoms with van der Waals surface area (Å²) in [5, 5.41) is 15.4. The Balaban J connectivity index is 1.62. The summed E-state index contributed by atoms with van der Waals surface area (Å²) in [7, 11) is 3.42. The molecule has 0 aliphatic rings. The van der Waals surface area contributed by atoms with Crippen molar-refractivity contribution in [3.8, 4) is 11.4 Å². The Kier molecular flexibility index (Phi) is 3.85. The number of nitrogens with zero attached hydrogens (tertiary/aromatic N) is 7. The van der Waals surface area contributed by atoms with E-state index in [1.54, 1.807) is 26.2 Å². The number of pyridine rings is 1. The Hall–Kier alpha value is -3.33. The minimum absolute atomic E-state index is 0.296. The fourth-order valence-electron chi connectivity index (χ4n) is 2.47. The van der Waals surface area contributed by atoms with Crippen LogP contribution in [0.25, 0.3) is 22.6 Å². The SMILES string of the molecule is Cn1nc(-c2ccccc2Cl)nc1NC(=O)c1cnc2c(c1)nnn2C. The number of fused-ring (bicyclic) bond motifs is 1. The first kappa shape index (κ1) is 16.2. The molecule has 0 radical (unpaired) electrons. The second-order valence-electron chi connectivity index (χ2n) is 5.60. The standard InChI is InChI=1S/C16H13ClN8O/c1-24-14-12(21-23-24)7-9(8-18-14)15(26)20-16-19-13(22-25(16)2)10-5-3-4-6-11(10)17/h3-8H,1-2H3,(H,19,20,22,26). The summed E-state index contributed by atoms with van der Waals surface area (Å²) < 4.78 is 3.01. The van der Waals surface area contributed by atoms with Crippen molar-refractivity contribution < 1.29 is 4.79 Å². The molecule has 0 spiro atoms. The fraction of sp³-hybridized carbons (Fsp3) is 0.125. The van der Waals surface area contributed by atoms with E-state index in [-0.39, 0.29) is 5.91 Å². The number of rotatable bonds is 3. The highest BCUT2D eigenvalue weighted by molar-refractivity contribution is 6.33. The summed E-state index contributed by atoms with van der Waals surface area (Å²) in [6, 6.07) is 8.86. The van der Waals surface area contributed by atoms with E-state index in [1.165, 1.54) is 15.6 Å². The molecule has 0 saturated carbocycles. The van der Waals surface area contributed by atoms with Crippen LogP contribution in [0.1, 0.15) is 10.4 Å². The van der Waals surface area contributed by atoms with Gasteiger partial charge in [0.2, 0.25) is 5.95 Å². The third-order valence-electron chi connectivity index (χ3n) is 3.81. The lowest BCUT2D eigenvalue weighted by Gasteiger charge is -2.03. The monoisotopic (exact) mass is 368 g/mol. The molecule has 0 saturated heterocycles. The van der Waals surface area contributed by atoms with Gasteiger partial charge < -0.3 is 0 Å². The molecular weight excluding hydrogens is 356 g/mol. The quantitative estimate of drug-likeness (QED) is 0.593. The Morgan fingerprint density at radius 3 is 2.81 bits per heavy atom. The Morgan fingerprint density at radius 1 is 1.19 bits per heavy atom. The average Bonchev–Trinajstić information content (AvgIpc) is 3.18. The zero-order chi connectivity index (χ0) is 18.3. The summed E-state index contributed by atoms with van der Waals surface area (Å²) in [6.07, 6.45) is 1.46. The first-order valence-corrected chi connectivity index (χ1v) is 8.03. The highest BCUT2D eigenvalue weighted by atomic mass is 35.5. The van der Waals surface area contributed by atoms with E-state index in [2.05, 4.69) is 30.7 Å². The molecule has 0 fully saturated rings. The van der Waals surface area contributed by atoms with E-state index in [0.717, 1.165) is 0 Å². The third kappa shape index (κ3) is 2.78. The van der Waals surface area contributed by atoms with E-state index >= 15 is 0 Å². The van der Waals surface area contributed by atoms with Crippen molar-refractivity contribution in [1.82, 2.24) is 34.7 Å². The Bertz CT molecular complexity index is 1130. The van der Waals surface area contributed by atoms with Gasteiger partial charge in [0.1, 0.15) is 5.52 Å². The van der Waals surface area contributed by atoms with Crippen molar-refractivity contribution in [3.05, 3.63) is 47.1 Å². The molecule has 9 nitrogen and oxygen atoms in total. The zero-order valence-corrected chi connectivity index (χ0v) is 14.6. The fourth-order valence-corrected chi connectivity index (χ4v) is 2.69. The topological polar surface area (TPSA) is 103 Å². The van der Waals surface area contributed by atoms with E-state index in [1.807, 2.05) is 18.2 Å². The minimum Gasteiger partial charge on any atom is -0.291 e. The summed E-state index contributed by atoms with van der Waals surface area (Å²) in [4.78, 5) is 21.1.